The van der Waals surface area contributed by atoms with E-state index in [1.165, 1.54) is 12.8 Å². The lowest BCUT2D eigenvalue weighted by Crippen LogP contribution is -2.21. The van der Waals surface area contributed by atoms with E-state index in [2.05, 4.69) is 12.2 Å². The van der Waals surface area contributed by atoms with Gasteiger partial charge < -0.3 is 5.32 Å². The van der Waals surface area contributed by atoms with Gasteiger partial charge in [-0.2, -0.15) is 0 Å². The van der Waals surface area contributed by atoms with Crippen LogP contribution in [-0.2, 0) is 0 Å². The van der Waals surface area contributed by atoms with Crippen molar-refractivity contribution in [3.05, 3.63) is 42.0 Å². The second kappa shape index (κ2) is 9.91. The van der Waals surface area contributed by atoms with Gasteiger partial charge in [-0.25, -0.2) is 0 Å². The van der Waals surface area contributed by atoms with Crippen LogP contribution in [0.4, 0.5) is 0 Å². The molecule has 0 atom stereocenters. The molecule has 0 heterocycles. The average Bonchev–Trinajstić information content (AvgIpc) is 2.33. The molecule has 1 rings (SSSR count). The van der Waals surface area contributed by atoms with E-state index in [-0.39, 0.29) is 12.4 Å². The molecule has 17 heavy (non-hydrogen) atoms. The Morgan fingerprint density at radius 3 is 2.59 bits per heavy atom. The van der Waals surface area contributed by atoms with Crippen molar-refractivity contribution in [3.8, 4) is 0 Å². The van der Waals surface area contributed by atoms with E-state index in [1.54, 1.807) is 6.08 Å². The van der Waals surface area contributed by atoms with Gasteiger partial charge in [0.1, 0.15) is 5.84 Å². The zero-order valence-corrected chi connectivity index (χ0v) is 11.1. The Morgan fingerprint density at radius 2 is 1.94 bits per heavy atom. The van der Waals surface area contributed by atoms with Gasteiger partial charge in [0.15, 0.2) is 0 Å². The quantitative estimate of drug-likeness (QED) is 0.450. The first-order valence-electron chi connectivity index (χ1n) is 5.88. The third-order valence-electron chi connectivity index (χ3n) is 2.34. The molecule has 2 nitrogen and oxygen atoms in total. The van der Waals surface area contributed by atoms with E-state index in [0.29, 0.717) is 5.84 Å². The number of halogens is 1. The fourth-order valence-electron chi connectivity index (χ4n) is 1.40. The SMILES string of the molecule is CCCCCNC(=N)/C=C/c1ccccc1.Cl. The van der Waals surface area contributed by atoms with Crippen LogP contribution in [-0.4, -0.2) is 12.4 Å². The maximum Gasteiger partial charge on any atom is 0.117 e. The highest BCUT2D eigenvalue weighted by Gasteiger charge is 1.90. The van der Waals surface area contributed by atoms with Crippen molar-refractivity contribution in [3.63, 3.8) is 0 Å². The lowest BCUT2D eigenvalue weighted by molar-refractivity contribution is 0.695. The second-order valence-corrected chi connectivity index (χ2v) is 3.79. The summed E-state index contributed by atoms with van der Waals surface area (Å²) < 4.78 is 0. The summed E-state index contributed by atoms with van der Waals surface area (Å²) in [5.41, 5.74) is 1.13. The summed E-state index contributed by atoms with van der Waals surface area (Å²) in [6, 6.07) is 10.0. The first-order chi connectivity index (χ1) is 7.83. The molecular weight excluding hydrogens is 232 g/mol. The Bertz CT molecular complexity index is 333. The molecule has 0 fully saturated rings. The summed E-state index contributed by atoms with van der Waals surface area (Å²) >= 11 is 0. The van der Waals surface area contributed by atoms with E-state index in [9.17, 15) is 0 Å². The summed E-state index contributed by atoms with van der Waals surface area (Å²) in [6.07, 6.45) is 7.34. The molecule has 1 aromatic carbocycles. The molecule has 0 aliphatic carbocycles. The van der Waals surface area contributed by atoms with Gasteiger partial charge in [0.2, 0.25) is 0 Å². The van der Waals surface area contributed by atoms with Crippen molar-refractivity contribution in [2.75, 3.05) is 6.54 Å². The average molecular weight is 253 g/mol. The van der Waals surface area contributed by atoms with Crippen LogP contribution in [0.5, 0.6) is 0 Å². The lowest BCUT2D eigenvalue weighted by atomic mass is 10.2. The highest BCUT2D eigenvalue weighted by Crippen LogP contribution is 2.00. The number of hydrogen-bond acceptors (Lipinski definition) is 1. The molecule has 0 aliphatic rings. The van der Waals surface area contributed by atoms with E-state index in [4.69, 9.17) is 5.41 Å². The summed E-state index contributed by atoms with van der Waals surface area (Å²) in [7, 11) is 0. The van der Waals surface area contributed by atoms with Crippen LogP contribution < -0.4 is 5.32 Å². The number of rotatable bonds is 6. The Labute approximate surface area is 110 Å². The molecule has 0 saturated heterocycles. The summed E-state index contributed by atoms with van der Waals surface area (Å²) in [5.74, 6) is 0.486. The van der Waals surface area contributed by atoms with E-state index in [0.717, 1.165) is 18.5 Å². The minimum absolute atomic E-state index is 0. The van der Waals surface area contributed by atoms with Gasteiger partial charge in [-0.3, -0.25) is 5.41 Å². The van der Waals surface area contributed by atoms with Crippen molar-refractivity contribution in [2.45, 2.75) is 26.2 Å². The van der Waals surface area contributed by atoms with Gasteiger partial charge in [-0.05, 0) is 18.1 Å². The first kappa shape index (κ1) is 15.7. The monoisotopic (exact) mass is 252 g/mol. The lowest BCUT2D eigenvalue weighted by Gasteiger charge is -2.02. The van der Waals surface area contributed by atoms with Gasteiger partial charge >= 0.3 is 0 Å². The Morgan fingerprint density at radius 1 is 1.24 bits per heavy atom. The summed E-state index contributed by atoms with van der Waals surface area (Å²) in [6.45, 7) is 3.08. The van der Waals surface area contributed by atoms with Crippen LogP contribution in [0.3, 0.4) is 0 Å². The second-order valence-electron chi connectivity index (χ2n) is 3.79. The largest absolute Gasteiger partial charge is 0.371 e. The third-order valence-corrected chi connectivity index (χ3v) is 2.34. The van der Waals surface area contributed by atoms with Gasteiger partial charge in [-0.15, -0.1) is 12.4 Å². The molecule has 0 aromatic heterocycles. The minimum atomic E-state index is 0. The molecule has 0 radical (unpaired) electrons. The number of unbranched alkanes of at least 4 members (excludes halogenated alkanes) is 2. The van der Waals surface area contributed by atoms with Crippen LogP contribution >= 0.6 is 12.4 Å². The van der Waals surface area contributed by atoms with Gasteiger partial charge in [0.05, 0.1) is 0 Å². The fourth-order valence-corrected chi connectivity index (χ4v) is 1.40. The number of nitrogens with one attached hydrogen (secondary N) is 2. The molecule has 0 saturated carbocycles. The van der Waals surface area contributed by atoms with Crippen molar-refractivity contribution in [1.82, 2.24) is 5.32 Å². The molecule has 3 heteroatoms. The molecular formula is C14H21ClN2. The first-order valence-corrected chi connectivity index (χ1v) is 5.88. The van der Waals surface area contributed by atoms with Crippen LogP contribution in [0.15, 0.2) is 36.4 Å². The third kappa shape index (κ3) is 7.58. The maximum absolute atomic E-state index is 7.68. The molecule has 0 spiro atoms. The summed E-state index contributed by atoms with van der Waals surface area (Å²) in [4.78, 5) is 0. The van der Waals surface area contributed by atoms with Crippen LogP contribution in [0.2, 0.25) is 0 Å². The smallest absolute Gasteiger partial charge is 0.117 e. The van der Waals surface area contributed by atoms with Crippen molar-refractivity contribution in [1.29, 1.82) is 5.41 Å². The standard InChI is InChI=1S/C14H20N2.ClH/c1-2-3-7-12-16-14(15)11-10-13-8-5-4-6-9-13;/h4-6,8-11H,2-3,7,12H2,1H3,(H2,15,16);1H/b11-10+;. The number of amidine groups is 1. The highest BCUT2D eigenvalue weighted by molar-refractivity contribution is 5.93. The van der Waals surface area contributed by atoms with Crippen molar-refractivity contribution in [2.24, 2.45) is 0 Å². The molecule has 0 unspecified atom stereocenters. The number of hydrogen-bond donors (Lipinski definition) is 2. The Kier molecular flexibility index (Phi) is 9.17. The minimum Gasteiger partial charge on any atom is -0.371 e. The molecule has 1 aromatic rings. The summed E-state index contributed by atoms with van der Waals surface area (Å²) in [5, 5.41) is 10.8. The molecule has 0 aliphatic heterocycles. The zero-order valence-electron chi connectivity index (χ0n) is 10.3. The van der Waals surface area contributed by atoms with Crippen LogP contribution in [0.25, 0.3) is 6.08 Å². The predicted octanol–water partition coefficient (Wildman–Crippen LogP) is 3.88. The normalized spacial score (nSPS) is 9.94. The fraction of sp³-hybridized carbons (Fsp3) is 0.357. The Hall–Kier alpha value is -1.28. The topological polar surface area (TPSA) is 35.9 Å². The molecule has 2 N–H and O–H groups in total. The van der Waals surface area contributed by atoms with Gasteiger partial charge in [0.25, 0.3) is 0 Å². The van der Waals surface area contributed by atoms with E-state index >= 15 is 0 Å². The van der Waals surface area contributed by atoms with Crippen molar-refractivity contribution >= 4 is 24.3 Å². The molecule has 94 valence electrons. The molecule has 0 amide bonds. The van der Waals surface area contributed by atoms with Crippen LogP contribution in [0.1, 0.15) is 31.7 Å². The maximum atomic E-state index is 7.68. The number of benzene rings is 1. The van der Waals surface area contributed by atoms with Gasteiger partial charge in [0, 0.05) is 6.54 Å². The van der Waals surface area contributed by atoms with Crippen molar-refractivity contribution < 1.29 is 0 Å². The van der Waals surface area contributed by atoms with E-state index in [1.807, 2.05) is 36.4 Å². The predicted molar refractivity (Wildman–Crippen MR) is 78.0 cm³/mol. The Balaban J connectivity index is 0.00000256. The zero-order chi connectivity index (χ0) is 11.6. The van der Waals surface area contributed by atoms with Crippen LogP contribution in [0, 0.1) is 5.41 Å². The van der Waals surface area contributed by atoms with Gasteiger partial charge in [-0.1, -0.05) is 56.2 Å². The highest BCUT2D eigenvalue weighted by atomic mass is 35.5. The molecule has 0 bridgehead atoms. The van der Waals surface area contributed by atoms with E-state index < -0.39 is 0 Å².